The van der Waals surface area contributed by atoms with Crippen molar-refractivity contribution in [3.8, 4) is 11.5 Å². The van der Waals surface area contributed by atoms with Crippen molar-refractivity contribution >= 4 is 23.0 Å². The first-order valence-corrected chi connectivity index (χ1v) is 16.1. The van der Waals surface area contributed by atoms with Gasteiger partial charge in [-0.1, -0.05) is 72.8 Å². The molecule has 0 aliphatic carbocycles. The number of fused-ring (bicyclic) bond motifs is 1. The van der Waals surface area contributed by atoms with Crippen molar-refractivity contribution < 1.29 is 23.7 Å². The highest BCUT2D eigenvalue weighted by Crippen LogP contribution is 2.42. The van der Waals surface area contributed by atoms with E-state index < -0.39 is 35.4 Å². The fourth-order valence-corrected chi connectivity index (χ4v) is 6.33. The average Bonchev–Trinajstić information content (AvgIpc) is 3.76. The van der Waals surface area contributed by atoms with Crippen molar-refractivity contribution in [2.45, 2.75) is 30.4 Å². The summed E-state index contributed by atoms with van der Waals surface area (Å²) >= 11 is 0. The standard InChI is InChI=1S/C38H36N6O6/c1-47-28-17-13-26(14-18-28)38(25-11-7-4-8-12-25,27-15-19-29(48-2)20-16-27)49-22-31-30(39)21-32(50-31)44-23-40-33-34(44)41-37(43-36(33)46)42-35(45)24-9-5-3-6-10-24/h3-20,23,30-32H,21-22,39H2,1-2H3,(H2,41,42,43,45,46)/t30-,31+,32+/m0/s1. The molecule has 3 atom stereocenters. The predicted molar refractivity (Wildman–Crippen MR) is 187 cm³/mol. The molecular weight excluding hydrogens is 636 g/mol. The van der Waals surface area contributed by atoms with Gasteiger partial charge in [-0.2, -0.15) is 4.98 Å². The van der Waals surface area contributed by atoms with Crippen molar-refractivity contribution in [1.29, 1.82) is 0 Å². The third-order valence-corrected chi connectivity index (χ3v) is 8.93. The number of methoxy groups -OCH3 is 2. The lowest BCUT2D eigenvalue weighted by atomic mass is 9.80. The first-order valence-electron chi connectivity index (χ1n) is 16.1. The van der Waals surface area contributed by atoms with Gasteiger partial charge in [0.1, 0.15) is 23.3 Å². The van der Waals surface area contributed by atoms with Crippen molar-refractivity contribution in [3.05, 3.63) is 148 Å². The van der Waals surface area contributed by atoms with Gasteiger partial charge in [0, 0.05) is 18.0 Å². The molecule has 2 aromatic heterocycles. The fourth-order valence-electron chi connectivity index (χ4n) is 6.33. The maximum Gasteiger partial charge on any atom is 0.280 e. The Morgan fingerprint density at radius 2 is 1.48 bits per heavy atom. The second kappa shape index (κ2) is 14.0. The lowest BCUT2D eigenvalue weighted by Crippen LogP contribution is -2.40. The minimum Gasteiger partial charge on any atom is -0.497 e. The van der Waals surface area contributed by atoms with Gasteiger partial charge in [0.15, 0.2) is 11.2 Å². The van der Waals surface area contributed by atoms with E-state index in [9.17, 15) is 9.59 Å². The molecule has 12 heteroatoms. The number of aromatic amines is 1. The summed E-state index contributed by atoms with van der Waals surface area (Å²) in [5, 5.41) is 2.67. The van der Waals surface area contributed by atoms with E-state index in [1.807, 2.05) is 84.9 Å². The number of hydrogen-bond acceptors (Lipinski definition) is 9. The first kappa shape index (κ1) is 32.7. The number of benzene rings is 4. The Hall–Kier alpha value is -5.82. The Bertz CT molecular complexity index is 2090. The van der Waals surface area contributed by atoms with Gasteiger partial charge in [-0.3, -0.25) is 24.5 Å². The Morgan fingerprint density at radius 1 is 0.900 bits per heavy atom. The average molecular weight is 673 g/mol. The zero-order chi connectivity index (χ0) is 34.7. The second-order valence-electron chi connectivity index (χ2n) is 11.9. The minimum absolute atomic E-state index is 0.00749. The molecule has 0 saturated carbocycles. The molecule has 50 heavy (non-hydrogen) atoms. The molecule has 0 bridgehead atoms. The summed E-state index contributed by atoms with van der Waals surface area (Å²) in [7, 11) is 3.26. The third-order valence-electron chi connectivity index (χ3n) is 8.93. The van der Waals surface area contributed by atoms with Crippen LogP contribution >= 0.6 is 0 Å². The molecule has 12 nitrogen and oxygen atoms in total. The Labute approximate surface area is 287 Å². The van der Waals surface area contributed by atoms with Gasteiger partial charge in [0.05, 0.1) is 33.3 Å². The van der Waals surface area contributed by atoms with Crippen LogP contribution < -0.4 is 26.1 Å². The molecule has 1 fully saturated rings. The number of anilines is 1. The predicted octanol–water partition coefficient (Wildman–Crippen LogP) is 5.01. The van der Waals surface area contributed by atoms with Crippen LogP contribution in [-0.2, 0) is 15.1 Å². The van der Waals surface area contributed by atoms with Gasteiger partial charge in [0.2, 0.25) is 5.95 Å². The van der Waals surface area contributed by atoms with Crippen LogP contribution in [-0.4, -0.2) is 58.4 Å². The van der Waals surface area contributed by atoms with Gasteiger partial charge in [0.25, 0.3) is 11.5 Å². The number of H-pyrrole nitrogens is 1. The van der Waals surface area contributed by atoms with Gasteiger partial charge in [-0.15, -0.1) is 0 Å². The first-order chi connectivity index (χ1) is 24.4. The van der Waals surface area contributed by atoms with Crippen LogP contribution in [0.3, 0.4) is 0 Å². The van der Waals surface area contributed by atoms with Crippen LogP contribution in [0.4, 0.5) is 5.95 Å². The summed E-state index contributed by atoms with van der Waals surface area (Å²) in [4.78, 5) is 37.2. The number of rotatable bonds is 11. The lowest BCUT2D eigenvalue weighted by Gasteiger charge is -2.37. The summed E-state index contributed by atoms with van der Waals surface area (Å²) < 4.78 is 26.2. The molecule has 1 saturated heterocycles. The van der Waals surface area contributed by atoms with E-state index >= 15 is 0 Å². The molecular formula is C38H36N6O6. The smallest absolute Gasteiger partial charge is 0.280 e. The maximum absolute atomic E-state index is 12.9. The number of carbonyl (C=O) groups is 1. The molecule has 4 N–H and O–H groups in total. The SMILES string of the molecule is COc1ccc(C(OC[C@H]2O[C@@H](n3cnc4c(=O)[nH]c(NC(=O)c5ccccc5)nc43)C[C@@H]2N)(c2ccccc2)c2ccc(OC)cc2)cc1. The number of amides is 1. The Kier molecular flexibility index (Phi) is 9.13. The van der Waals surface area contributed by atoms with Crippen LogP contribution in [0.25, 0.3) is 11.2 Å². The van der Waals surface area contributed by atoms with E-state index in [4.69, 9.17) is 24.7 Å². The van der Waals surface area contributed by atoms with E-state index in [1.165, 1.54) is 6.33 Å². The summed E-state index contributed by atoms with van der Waals surface area (Å²) in [6.45, 7) is 0.129. The van der Waals surface area contributed by atoms with Gasteiger partial charge >= 0.3 is 0 Å². The van der Waals surface area contributed by atoms with Crippen molar-refractivity contribution in [1.82, 2.24) is 19.5 Å². The molecule has 1 aliphatic rings. The number of hydrogen-bond donors (Lipinski definition) is 3. The summed E-state index contributed by atoms with van der Waals surface area (Å²) in [5.41, 5.74) is 8.63. The Balaban J connectivity index is 1.19. The van der Waals surface area contributed by atoms with Crippen molar-refractivity contribution in [2.24, 2.45) is 5.73 Å². The molecule has 1 amide bonds. The minimum atomic E-state index is -1.05. The second-order valence-corrected chi connectivity index (χ2v) is 11.9. The molecule has 254 valence electrons. The van der Waals surface area contributed by atoms with Gasteiger partial charge in [-0.05, 0) is 53.1 Å². The van der Waals surface area contributed by atoms with Crippen LogP contribution in [0.15, 0.2) is 120 Å². The largest absolute Gasteiger partial charge is 0.497 e. The summed E-state index contributed by atoms with van der Waals surface area (Å²) in [6, 6.07) is 33.8. The zero-order valence-electron chi connectivity index (χ0n) is 27.5. The fraction of sp³-hybridized carbons (Fsp3) is 0.211. The quantitative estimate of drug-likeness (QED) is 0.161. The van der Waals surface area contributed by atoms with E-state index in [2.05, 4.69) is 20.3 Å². The van der Waals surface area contributed by atoms with Crippen molar-refractivity contribution in [3.63, 3.8) is 0 Å². The van der Waals surface area contributed by atoms with Gasteiger partial charge < -0.3 is 24.7 Å². The van der Waals surface area contributed by atoms with Crippen LogP contribution in [0, 0.1) is 0 Å². The van der Waals surface area contributed by atoms with Crippen LogP contribution in [0.1, 0.15) is 39.7 Å². The van der Waals surface area contributed by atoms with Crippen LogP contribution in [0.5, 0.6) is 11.5 Å². The number of carbonyl (C=O) groups excluding carboxylic acids is 1. The molecule has 0 unspecified atom stereocenters. The van der Waals surface area contributed by atoms with E-state index in [-0.39, 0.29) is 23.7 Å². The van der Waals surface area contributed by atoms with Crippen molar-refractivity contribution in [2.75, 3.05) is 26.1 Å². The number of nitrogens with zero attached hydrogens (tertiary/aromatic N) is 3. The molecule has 7 rings (SSSR count). The molecule has 0 spiro atoms. The third kappa shape index (κ3) is 6.23. The summed E-state index contributed by atoms with van der Waals surface area (Å²) in [6.07, 6.45) is 0.780. The number of aromatic nitrogens is 4. The maximum atomic E-state index is 12.9. The van der Waals surface area contributed by atoms with E-state index in [1.54, 1.807) is 43.1 Å². The molecule has 3 heterocycles. The normalized spacial score (nSPS) is 17.5. The molecule has 1 aliphatic heterocycles. The topological polar surface area (TPSA) is 156 Å². The number of nitrogens with two attached hydrogens (primary N) is 1. The highest BCUT2D eigenvalue weighted by molar-refractivity contribution is 6.03. The summed E-state index contributed by atoms with van der Waals surface area (Å²) in [5.74, 6) is 1.02. The number of imidazole rings is 1. The molecule has 4 aromatic carbocycles. The number of nitrogens with one attached hydrogen (secondary N) is 2. The van der Waals surface area contributed by atoms with E-state index in [0.717, 1.165) is 28.2 Å². The highest BCUT2D eigenvalue weighted by Gasteiger charge is 2.42. The molecule has 6 aromatic rings. The van der Waals surface area contributed by atoms with Crippen LogP contribution in [0.2, 0.25) is 0 Å². The number of ether oxygens (including phenoxy) is 4. The lowest BCUT2D eigenvalue weighted by molar-refractivity contribution is -0.0779. The molecule has 0 radical (unpaired) electrons. The monoisotopic (exact) mass is 672 g/mol. The highest BCUT2D eigenvalue weighted by atomic mass is 16.6. The zero-order valence-corrected chi connectivity index (χ0v) is 27.5. The van der Waals surface area contributed by atoms with E-state index in [0.29, 0.717) is 12.0 Å². The Morgan fingerprint density at radius 3 is 2.08 bits per heavy atom. The van der Waals surface area contributed by atoms with Gasteiger partial charge in [-0.25, -0.2) is 4.98 Å².